The van der Waals surface area contributed by atoms with Crippen molar-refractivity contribution in [1.82, 2.24) is 9.80 Å². The summed E-state index contributed by atoms with van der Waals surface area (Å²) in [6, 6.07) is 14.8. The van der Waals surface area contributed by atoms with Crippen molar-refractivity contribution in [2.75, 3.05) is 44.2 Å². The minimum atomic E-state index is 0.179. The van der Waals surface area contributed by atoms with Gasteiger partial charge in [0.2, 0.25) is 5.91 Å². The highest BCUT2D eigenvalue weighted by Crippen LogP contribution is 2.27. The summed E-state index contributed by atoms with van der Waals surface area (Å²) in [4.78, 5) is 20.0. The zero-order valence-corrected chi connectivity index (χ0v) is 18.9. The van der Waals surface area contributed by atoms with Crippen LogP contribution in [0, 0.1) is 19.8 Å². The van der Waals surface area contributed by atoms with Gasteiger partial charge in [-0.3, -0.25) is 9.69 Å². The first-order valence-corrected chi connectivity index (χ1v) is 11.5. The summed E-state index contributed by atoms with van der Waals surface area (Å²) in [5, 5.41) is 0.770. The van der Waals surface area contributed by atoms with Gasteiger partial charge in [-0.2, -0.15) is 0 Å². The number of anilines is 1. The lowest BCUT2D eigenvalue weighted by atomic mass is 9.94. The molecular formula is C25H32ClN3O. The van der Waals surface area contributed by atoms with E-state index in [1.807, 2.05) is 12.1 Å². The van der Waals surface area contributed by atoms with Gasteiger partial charge < -0.3 is 9.80 Å². The Balaban J connectivity index is 1.26. The standard InChI is InChI=1S/C25H32ClN3O/c1-19-4-3-5-21(16-19)18-27-10-8-22(9-11-27)25(30)29-14-12-28(13-15-29)24-17-23(26)7-6-20(24)2/h3-7,16-17,22H,8-15,18H2,1-2H3. The molecule has 2 aliphatic heterocycles. The zero-order chi connectivity index (χ0) is 21.1. The first-order valence-electron chi connectivity index (χ1n) is 11.1. The average molecular weight is 426 g/mol. The summed E-state index contributed by atoms with van der Waals surface area (Å²) in [5.41, 5.74) is 5.11. The van der Waals surface area contributed by atoms with Crippen LogP contribution in [-0.4, -0.2) is 55.0 Å². The van der Waals surface area contributed by atoms with E-state index in [0.717, 1.165) is 63.7 Å². The van der Waals surface area contributed by atoms with Crippen LogP contribution in [0.1, 0.15) is 29.5 Å². The number of halogens is 1. The molecule has 0 saturated carbocycles. The van der Waals surface area contributed by atoms with E-state index >= 15 is 0 Å². The van der Waals surface area contributed by atoms with E-state index in [0.29, 0.717) is 5.91 Å². The van der Waals surface area contributed by atoms with Gasteiger partial charge >= 0.3 is 0 Å². The SMILES string of the molecule is Cc1cccc(CN2CCC(C(=O)N3CCN(c4cc(Cl)ccc4C)CC3)CC2)c1. The van der Waals surface area contributed by atoms with E-state index in [1.165, 1.54) is 22.4 Å². The Bertz CT molecular complexity index is 884. The fraction of sp³-hybridized carbons (Fsp3) is 0.480. The molecular weight excluding hydrogens is 394 g/mol. The minimum absolute atomic E-state index is 0.179. The largest absolute Gasteiger partial charge is 0.368 e. The number of likely N-dealkylation sites (tertiary alicyclic amines) is 1. The van der Waals surface area contributed by atoms with Crippen molar-refractivity contribution in [3.63, 3.8) is 0 Å². The number of rotatable bonds is 4. The van der Waals surface area contributed by atoms with Crippen LogP contribution in [0.25, 0.3) is 0 Å². The summed E-state index contributed by atoms with van der Waals surface area (Å²) in [5.74, 6) is 0.533. The molecule has 0 spiro atoms. The summed E-state index contributed by atoms with van der Waals surface area (Å²) < 4.78 is 0. The van der Waals surface area contributed by atoms with Crippen LogP contribution < -0.4 is 4.90 Å². The molecule has 0 unspecified atom stereocenters. The predicted octanol–water partition coefficient (Wildman–Crippen LogP) is 4.52. The highest BCUT2D eigenvalue weighted by atomic mass is 35.5. The van der Waals surface area contributed by atoms with Gasteiger partial charge in [0, 0.05) is 49.4 Å². The average Bonchev–Trinajstić information content (AvgIpc) is 2.76. The Morgan fingerprint density at radius 2 is 1.70 bits per heavy atom. The fourth-order valence-electron chi connectivity index (χ4n) is 4.76. The van der Waals surface area contributed by atoms with Crippen molar-refractivity contribution >= 4 is 23.2 Å². The number of nitrogens with zero attached hydrogens (tertiary/aromatic N) is 3. The van der Waals surface area contributed by atoms with Gasteiger partial charge in [0.25, 0.3) is 0 Å². The second-order valence-corrected chi connectivity index (χ2v) is 9.22. The number of aryl methyl sites for hydroxylation is 2. The van der Waals surface area contributed by atoms with Gasteiger partial charge in [0.15, 0.2) is 0 Å². The maximum Gasteiger partial charge on any atom is 0.225 e. The lowest BCUT2D eigenvalue weighted by molar-refractivity contribution is -0.137. The summed E-state index contributed by atoms with van der Waals surface area (Å²) >= 11 is 6.19. The highest BCUT2D eigenvalue weighted by Gasteiger charge is 2.30. The van der Waals surface area contributed by atoms with E-state index in [1.54, 1.807) is 0 Å². The second kappa shape index (κ2) is 9.40. The molecule has 160 valence electrons. The molecule has 1 amide bonds. The van der Waals surface area contributed by atoms with Gasteiger partial charge in [0.05, 0.1) is 0 Å². The quantitative estimate of drug-likeness (QED) is 0.720. The van der Waals surface area contributed by atoms with Crippen LogP contribution >= 0.6 is 11.6 Å². The molecule has 5 heteroatoms. The first-order chi connectivity index (χ1) is 14.5. The van der Waals surface area contributed by atoms with E-state index < -0.39 is 0 Å². The van der Waals surface area contributed by atoms with Gasteiger partial charge in [-0.25, -0.2) is 0 Å². The summed E-state index contributed by atoms with van der Waals surface area (Å²) in [7, 11) is 0. The molecule has 0 aliphatic carbocycles. The van der Waals surface area contributed by atoms with Crippen molar-refractivity contribution in [3.8, 4) is 0 Å². The van der Waals surface area contributed by atoms with Crippen LogP contribution in [-0.2, 0) is 11.3 Å². The Morgan fingerprint density at radius 1 is 0.967 bits per heavy atom. The summed E-state index contributed by atoms with van der Waals surface area (Å²) in [6.45, 7) is 10.6. The normalized spacial score (nSPS) is 18.6. The number of carbonyl (C=O) groups excluding carboxylic acids is 1. The number of carbonyl (C=O) groups is 1. The topological polar surface area (TPSA) is 26.8 Å². The number of piperidine rings is 1. The van der Waals surface area contributed by atoms with Crippen molar-refractivity contribution in [1.29, 1.82) is 0 Å². The monoisotopic (exact) mass is 425 g/mol. The first kappa shape index (κ1) is 21.2. The van der Waals surface area contributed by atoms with Crippen molar-refractivity contribution in [2.45, 2.75) is 33.2 Å². The van der Waals surface area contributed by atoms with E-state index in [9.17, 15) is 4.79 Å². The minimum Gasteiger partial charge on any atom is -0.368 e. The molecule has 30 heavy (non-hydrogen) atoms. The Kier molecular flexibility index (Phi) is 6.64. The fourth-order valence-corrected chi connectivity index (χ4v) is 4.92. The molecule has 2 aliphatic rings. The summed E-state index contributed by atoms with van der Waals surface area (Å²) in [6.07, 6.45) is 1.94. The molecule has 2 aromatic carbocycles. The number of hydrogen-bond acceptors (Lipinski definition) is 3. The molecule has 4 nitrogen and oxygen atoms in total. The Labute approximate surface area is 185 Å². The van der Waals surface area contributed by atoms with Gasteiger partial charge in [0.1, 0.15) is 0 Å². The molecule has 0 bridgehead atoms. The molecule has 4 rings (SSSR count). The molecule has 2 heterocycles. The smallest absolute Gasteiger partial charge is 0.225 e. The lowest BCUT2D eigenvalue weighted by Gasteiger charge is -2.39. The Morgan fingerprint density at radius 3 is 2.40 bits per heavy atom. The number of piperazine rings is 1. The highest BCUT2D eigenvalue weighted by molar-refractivity contribution is 6.30. The van der Waals surface area contributed by atoms with Crippen LogP contribution in [0.2, 0.25) is 5.02 Å². The number of hydrogen-bond donors (Lipinski definition) is 0. The third kappa shape index (κ3) is 4.98. The van der Waals surface area contributed by atoms with E-state index in [4.69, 9.17) is 11.6 Å². The molecule has 2 fully saturated rings. The third-order valence-corrected chi connectivity index (χ3v) is 6.76. The van der Waals surface area contributed by atoms with E-state index in [2.05, 4.69) is 58.9 Å². The number of benzene rings is 2. The Hall–Kier alpha value is -2.04. The molecule has 0 N–H and O–H groups in total. The lowest BCUT2D eigenvalue weighted by Crippen LogP contribution is -2.51. The molecule has 0 atom stereocenters. The maximum absolute atomic E-state index is 13.1. The molecule has 0 aromatic heterocycles. The van der Waals surface area contributed by atoms with E-state index in [-0.39, 0.29) is 5.92 Å². The van der Waals surface area contributed by atoms with Gasteiger partial charge in [-0.15, -0.1) is 0 Å². The van der Waals surface area contributed by atoms with Gasteiger partial charge in [-0.05, 0) is 63.0 Å². The van der Waals surface area contributed by atoms with Crippen molar-refractivity contribution in [3.05, 3.63) is 64.2 Å². The van der Waals surface area contributed by atoms with Crippen LogP contribution in [0.15, 0.2) is 42.5 Å². The van der Waals surface area contributed by atoms with Crippen molar-refractivity contribution in [2.24, 2.45) is 5.92 Å². The molecule has 2 saturated heterocycles. The number of amides is 1. The second-order valence-electron chi connectivity index (χ2n) is 8.78. The van der Waals surface area contributed by atoms with Gasteiger partial charge in [-0.1, -0.05) is 47.5 Å². The van der Waals surface area contributed by atoms with Crippen LogP contribution in [0.5, 0.6) is 0 Å². The predicted molar refractivity (Wildman–Crippen MR) is 124 cm³/mol. The van der Waals surface area contributed by atoms with Crippen LogP contribution in [0.4, 0.5) is 5.69 Å². The maximum atomic E-state index is 13.1. The molecule has 0 radical (unpaired) electrons. The third-order valence-electron chi connectivity index (χ3n) is 6.53. The zero-order valence-electron chi connectivity index (χ0n) is 18.1. The molecule has 2 aromatic rings. The van der Waals surface area contributed by atoms with Crippen molar-refractivity contribution < 1.29 is 4.79 Å². The van der Waals surface area contributed by atoms with Crippen LogP contribution in [0.3, 0.4) is 0 Å².